The first kappa shape index (κ1) is 14.6. The molecule has 0 atom stereocenters. The number of nitrogens with zero attached hydrogens (tertiary/aromatic N) is 1. The summed E-state index contributed by atoms with van der Waals surface area (Å²) in [5.74, 6) is 0.107. The summed E-state index contributed by atoms with van der Waals surface area (Å²) in [6.45, 7) is 5.24. The van der Waals surface area contributed by atoms with Gasteiger partial charge in [0.25, 0.3) is 0 Å². The molecule has 0 heterocycles. The van der Waals surface area contributed by atoms with Gasteiger partial charge >= 0.3 is 6.09 Å². The highest BCUT2D eigenvalue weighted by molar-refractivity contribution is 7.98. The first-order chi connectivity index (χ1) is 8.36. The van der Waals surface area contributed by atoms with Crippen molar-refractivity contribution in [1.29, 1.82) is 0 Å². The molecule has 0 saturated carbocycles. The van der Waals surface area contributed by atoms with E-state index in [1.54, 1.807) is 23.9 Å². The van der Waals surface area contributed by atoms with E-state index >= 15 is 0 Å². The Morgan fingerprint density at radius 1 is 1.22 bits per heavy atom. The van der Waals surface area contributed by atoms with Gasteiger partial charge in [-0.25, -0.2) is 4.79 Å². The Kier molecular flexibility index (Phi) is 4.78. The summed E-state index contributed by atoms with van der Waals surface area (Å²) < 4.78 is 5.16. The Morgan fingerprint density at radius 3 is 2.11 bits per heavy atom. The maximum Gasteiger partial charge on any atom is 0.421 e. The van der Waals surface area contributed by atoms with Gasteiger partial charge in [-0.1, -0.05) is 0 Å². The van der Waals surface area contributed by atoms with Crippen molar-refractivity contribution in [3.05, 3.63) is 23.3 Å². The molecular weight excluding hydrogens is 250 g/mol. The second-order valence-corrected chi connectivity index (χ2v) is 4.85. The number of ether oxygens (including phenoxy) is 1. The van der Waals surface area contributed by atoms with Gasteiger partial charge in [-0.2, -0.15) is 0 Å². The van der Waals surface area contributed by atoms with Crippen LogP contribution in [0.5, 0.6) is 5.75 Å². The Labute approximate surface area is 111 Å². The first-order valence-corrected chi connectivity index (χ1v) is 6.70. The Morgan fingerprint density at radius 2 is 1.72 bits per heavy atom. The molecule has 1 rings (SSSR count). The predicted octanol–water partition coefficient (Wildman–Crippen LogP) is 3.00. The molecule has 1 aromatic rings. The normalized spacial score (nSPS) is 10.1. The number of benzene rings is 1. The molecule has 0 fully saturated rings. The van der Waals surface area contributed by atoms with Crippen LogP contribution in [0.3, 0.4) is 0 Å². The molecule has 0 unspecified atom stereocenters. The molecule has 5 heteroatoms. The average molecular weight is 267 g/mol. The van der Waals surface area contributed by atoms with Crippen molar-refractivity contribution in [2.75, 3.05) is 13.3 Å². The van der Waals surface area contributed by atoms with Crippen molar-refractivity contribution in [3.8, 4) is 5.75 Å². The van der Waals surface area contributed by atoms with Crippen LogP contribution in [0, 0.1) is 13.8 Å². The van der Waals surface area contributed by atoms with E-state index in [1.165, 1.54) is 18.9 Å². The minimum absolute atomic E-state index is 0.353. The van der Waals surface area contributed by atoms with Crippen LogP contribution in [0.15, 0.2) is 17.0 Å². The maximum absolute atomic E-state index is 11.6. The molecule has 18 heavy (non-hydrogen) atoms. The lowest BCUT2D eigenvalue weighted by Crippen LogP contribution is -2.33. The molecule has 0 saturated heterocycles. The third kappa shape index (κ3) is 3.26. The van der Waals surface area contributed by atoms with E-state index in [0.717, 1.165) is 16.0 Å². The topological polar surface area (TPSA) is 46.6 Å². The van der Waals surface area contributed by atoms with Crippen LogP contribution in [0.25, 0.3) is 0 Å². The lowest BCUT2D eigenvalue weighted by molar-refractivity contribution is -0.125. The summed E-state index contributed by atoms with van der Waals surface area (Å²) in [5, 5.41) is 0. The highest BCUT2D eigenvalue weighted by Crippen LogP contribution is 2.28. The summed E-state index contributed by atoms with van der Waals surface area (Å²) in [5.41, 5.74) is 2.10. The van der Waals surface area contributed by atoms with Crippen molar-refractivity contribution in [2.24, 2.45) is 0 Å². The zero-order valence-corrected chi connectivity index (χ0v) is 12.1. The lowest BCUT2D eigenvalue weighted by atomic mass is 10.1. The maximum atomic E-state index is 11.6. The fraction of sp³-hybridized carbons (Fsp3) is 0.385. The number of thioether (sulfide) groups is 1. The predicted molar refractivity (Wildman–Crippen MR) is 72.2 cm³/mol. The van der Waals surface area contributed by atoms with E-state index in [4.69, 9.17) is 4.74 Å². The van der Waals surface area contributed by atoms with Gasteiger partial charge in [0.05, 0.1) is 0 Å². The van der Waals surface area contributed by atoms with E-state index in [0.29, 0.717) is 5.75 Å². The zero-order valence-electron chi connectivity index (χ0n) is 11.2. The Hall–Kier alpha value is -1.49. The Balaban J connectivity index is 2.93. The van der Waals surface area contributed by atoms with Crippen LogP contribution in [-0.4, -0.2) is 30.2 Å². The van der Waals surface area contributed by atoms with Gasteiger partial charge in [-0.05, 0) is 43.4 Å². The molecule has 2 amide bonds. The SMILES string of the molecule is CSc1c(C)cc(OC(=O)N(C)C(C)=O)cc1C. The number of amides is 2. The number of carbonyl (C=O) groups excluding carboxylic acids is 2. The van der Waals surface area contributed by atoms with Crippen molar-refractivity contribution in [2.45, 2.75) is 25.7 Å². The highest BCUT2D eigenvalue weighted by atomic mass is 32.2. The summed E-state index contributed by atoms with van der Waals surface area (Å²) >= 11 is 1.66. The van der Waals surface area contributed by atoms with Crippen molar-refractivity contribution in [1.82, 2.24) is 4.90 Å². The monoisotopic (exact) mass is 267 g/mol. The molecule has 4 nitrogen and oxygen atoms in total. The first-order valence-electron chi connectivity index (χ1n) is 5.48. The average Bonchev–Trinajstić information content (AvgIpc) is 2.27. The zero-order chi connectivity index (χ0) is 13.9. The standard InChI is InChI=1S/C13H17NO3S/c1-8-6-11(7-9(2)12(8)18-5)17-13(16)14(4)10(3)15/h6-7H,1-5H3. The third-order valence-corrected chi connectivity index (χ3v) is 3.64. The summed E-state index contributed by atoms with van der Waals surface area (Å²) in [4.78, 5) is 24.8. The van der Waals surface area contributed by atoms with E-state index in [2.05, 4.69) is 0 Å². The van der Waals surface area contributed by atoms with Gasteiger partial charge in [-0.3, -0.25) is 9.69 Å². The number of imide groups is 1. The molecule has 1 aromatic carbocycles. The van der Waals surface area contributed by atoms with Crippen LogP contribution in [0.2, 0.25) is 0 Å². The summed E-state index contributed by atoms with van der Waals surface area (Å²) in [6.07, 6.45) is 1.34. The molecule has 0 bridgehead atoms. The fourth-order valence-corrected chi connectivity index (χ4v) is 2.35. The lowest BCUT2D eigenvalue weighted by Gasteiger charge is -2.14. The minimum atomic E-state index is -0.668. The molecule has 0 aliphatic carbocycles. The van der Waals surface area contributed by atoms with E-state index in [9.17, 15) is 9.59 Å². The molecule has 0 aliphatic rings. The van der Waals surface area contributed by atoms with Gasteiger partial charge in [0.1, 0.15) is 5.75 Å². The van der Waals surface area contributed by atoms with Crippen molar-refractivity contribution in [3.63, 3.8) is 0 Å². The van der Waals surface area contributed by atoms with Crippen LogP contribution < -0.4 is 4.74 Å². The van der Waals surface area contributed by atoms with Crippen molar-refractivity contribution < 1.29 is 14.3 Å². The summed E-state index contributed by atoms with van der Waals surface area (Å²) in [7, 11) is 1.39. The van der Waals surface area contributed by atoms with Gasteiger partial charge < -0.3 is 4.74 Å². The van der Waals surface area contributed by atoms with E-state index in [1.807, 2.05) is 20.1 Å². The molecule has 98 valence electrons. The number of aryl methyl sites for hydroxylation is 2. The molecular formula is C13H17NO3S. The van der Waals surface area contributed by atoms with Crippen LogP contribution in [0.1, 0.15) is 18.1 Å². The largest absolute Gasteiger partial charge is 0.421 e. The number of carbonyl (C=O) groups is 2. The Bertz CT molecular complexity index is 462. The summed E-state index contributed by atoms with van der Waals surface area (Å²) in [6, 6.07) is 3.59. The fourth-order valence-electron chi connectivity index (χ4n) is 1.59. The van der Waals surface area contributed by atoms with Crippen LogP contribution >= 0.6 is 11.8 Å². The second-order valence-electron chi connectivity index (χ2n) is 4.04. The minimum Gasteiger partial charge on any atom is -0.410 e. The van der Waals surface area contributed by atoms with Gasteiger partial charge in [-0.15, -0.1) is 11.8 Å². The molecule has 0 aromatic heterocycles. The smallest absolute Gasteiger partial charge is 0.410 e. The van der Waals surface area contributed by atoms with Gasteiger partial charge in [0.15, 0.2) is 0 Å². The number of hydrogen-bond donors (Lipinski definition) is 0. The molecule has 0 spiro atoms. The molecule has 0 aliphatic heterocycles. The number of rotatable bonds is 2. The quantitative estimate of drug-likeness (QED) is 0.773. The third-order valence-electron chi connectivity index (χ3n) is 2.59. The van der Waals surface area contributed by atoms with Gasteiger partial charge in [0.2, 0.25) is 5.91 Å². The molecule has 0 radical (unpaired) electrons. The molecule has 0 N–H and O–H groups in total. The van der Waals surface area contributed by atoms with E-state index < -0.39 is 6.09 Å². The van der Waals surface area contributed by atoms with Crippen LogP contribution in [-0.2, 0) is 4.79 Å². The van der Waals surface area contributed by atoms with E-state index in [-0.39, 0.29) is 5.91 Å². The number of hydrogen-bond acceptors (Lipinski definition) is 4. The van der Waals surface area contributed by atoms with Crippen molar-refractivity contribution >= 4 is 23.8 Å². The van der Waals surface area contributed by atoms with Crippen LogP contribution in [0.4, 0.5) is 4.79 Å². The highest BCUT2D eigenvalue weighted by Gasteiger charge is 2.16. The second kappa shape index (κ2) is 5.91. The van der Waals surface area contributed by atoms with Gasteiger partial charge in [0, 0.05) is 18.9 Å².